The molecule has 0 fully saturated rings. The molecule has 0 aliphatic carbocycles. The monoisotopic (exact) mass is 526 g/mol. The molecule has 0 aromatic heterocycles. The van der Waals surface area contributed by atoms with Gasteiger partial charge < -0.3 is 18.9 Å². The molecule has 0 saturated heterocycles. The third-order valence-corrected chi connectivity index (χ3v) is 6.14. The summed E-state index contributed by atoms with van der Waals surface area (Å²) in [7, 11) is 0. The predicted molar refractivity (Wildman–Crippen MR) is 141 cm³/mol. The van der Waals surface area contributed by atoms with Crippen LogP contribution in [0.15, 0.2) is 60.7 Å². The molecule has 2 aromatic rings. The van der Waals surface area contributed by atoms with Gasteiger partial charge in [-0.1, -0.05) is 74.5 Å². The second kappa shape index (κ2) is 14.9. The van der Waals surface area contributed by atoms with Crippen LogP contribution in [-0.2, 0) is 51.2 Å². The Hall–Kier alpha value is -3.68. The van der Waals surface area contributed by atoms with Crippen molar-refractivity contribution in [3.8, 4) is 0 Å². The zero-order valence-corrected chi connectivity index (χ0v) is 22.9. The minimum atomic E-state index is -1.12. The molecule has 0 radical (unpaired) electrons. The summed E-state index contributed by atoms with van der Waals surface area (Å²) >= 11 is 0. The Labute approximate surface area is 224 Å². The summed E-state index contributed by atoms with van der Waals surface area (Å²) in [5.41, 5.74) is 1.64. The van der Waals surface area contributed by atoms with Crippen molar-refractivity contribution in [2.45, 2.75) is 72.9 Å². The van der Waals surface area contributed by atoms with E-state index in [0.29, 0.717) is 0 Å². The minimum absolute atomic E-state index is 0.0426. The standard InChI is InChI=1S/C30H38O8/c1-19(2)28(32)38-27(22(5)37-29(33)20(3)21(4)36-23(6)31)26(17-24-13-9-7-10-14-24)30(34)35-18-25-15-11-8-12-16-25/h7-16,19-22,26-27H,17-18H2,1-6H3/t20-,21+,22-,26+,27-/m0/s1. The number of carbonyl (C=O) groups is 4. The summed E-state index contributed by atoms with van der Waals surface area (Å²) in [4.78, 5) is 50.4. The smallest absolute Gasteiger partial charge is 0.313 e. The van der Waals surface area contributed by atoms with Gasteiger partial charge in [0.2, 0.25) is 0 Å². The minimum Gasteiger partial charge on any atom is -0.462 e. The van der Waals surface area contributed by atoms with E-state index >= 15 is 0 Å². The highest BCUT2D eigenvalue weighted by Gasteiger charge is 2.40. The second-order valence-electron chi connectivity index (χ2n) is 9.69. The SMILES string of the molecule is CC(=O)O[C@H](C)[C@H](C)C(=O)O[C@@H](C)[C@H](OC(=O)C(C)C)[C@@H](Cc1ccccc1)C(=O)OCc1ccccc1. The normalized spacial score (nSPS) is 14.9. The number of benzene rings is 2. The Kier molecular flexibility index (Phi) is 12.0. The maximum atomic E-state index is 13.5. The zero-order valence-electron chi connectivity index (χ0n) is 22.9. The van der Waals surface area contributed by atoms with Crippen LogP contribution in [0.3, 0.4) is 0 Å². The van der Waals surface area contributed by atoms with Crippen molar-refractivity contribution in [3.05, 3.63) is 71.8 Å². The van der Waals surface area contributed by atoms with Gasteiger partial charge in [-0.05, 0) is 38.3 Å². The lowest BCUT2D eigenvalue weighted by Gasteiger charge is -2.31. The molecular formula is C30H38O8. The van der Waals surface area contributed by atoms with Crippen LogP contribution in [0.5, 0.6) is 0 Å². The van der Waals surface area contributed by atoms with Crippen LogP contribution in [-0.4, -0.2) is 42.2 Å². The molecule has 0 heterocycles. The molecule has 0 spiro atoms. The van der Waals surface area contributed by atoms with Crippen LogP contribution >= 0.6 is 0 Å². The highest BCUT2D eigenvalue weighted by atomic mass is 16.6. The van der Waals surface area contributed by atoms with Crippen LogP contribution in [0.1, 0.15) is 52.7 Å². The third kappa shape index (κ3) is 9.65. The van der Waals surface area contributed by atoms with Crippen LogP contribution in [0.2, 0.25) is 0 Å². The molecule has 0 N–H and O–H groups in total. The van der Waals surface area contributed by atoms with Gasteiger partial charge in [0.05, 0.1) is 11.8 Å². The van der Waals surface area contributed by atoms with Crippen molar-refractivity contribution in [3.63, 3.8) is 0 Å². The molecule has 2 aromatic carbocycles. The average Bonchev–Trinajstić information content (AvgIpc) is 2.89. The van der Waals surface area contributed by atoms with Gasteiger partial charge in [-0.25, -0.2) is 0 Å². The van der Waals surface area contributed by atoms with Crippen LogP contribution in [0.25, 0.3) is 0 Å². The molecule has 0 bridgehead atoms. The van der Waals surface area contributed by atoms with Crippen molar-refractivity contribution >= 4 is 23.9 Å². The molecule has 38 heavy (non-hydrogen) atoms. The Morgan fingerprint density at radius 1 is 0.658 bits per heavy atom. The topological polar surface area (TPSA) is 105 Å². The van der Waals surface area contributed by atoms with Crippen LogP contribution < -0.4 is 0 Å². The van der Waals surface area contributed by atoms with Gasteiger partial charge in [-0.2, -0.15) is 0 Å². The van der Waals surface area contributed by atoms with E-state index in [1.807, 2.05) is 60.7 Å². The first kappa shape index (κ1) is 30.5. The van der Waals surface area contributed by atoms with E-state index in [1.165, 1.54) is 6.92 Å². The van der Waals surface area contributed by atoms with E-state index in [1.54, 1.807) is 34.6 Å². The second-order valence-corrected chi connectivity index (χ2v) is 9.69. The maximum Gasteiger partial charge on any atom is 0.313 e. The van der Waals surface area contributed by atoms with E-state index < -0.39 is 59.9 Å². The number of ether oxygens (including phenoxy) is 4. The van der Waals surface area contributed by atoms with E-state index in [4.69, 9.17) is 18.9 Å². The van der Waals surface area contributed by atoms with Gasteiger partial charge >= 0.3 is 23.9 Å². The Morgan fingerprint density at radius 3 is 1.74 bits per heavy atom. The summed E-state index contributed by atoms with van der Waals surface area (Å²) in [6.07, 6.45) is -2.63. The third-order valence-electron chi connectivity index (χ3n) is 6.14. The lowest BCUT2D eigenvalue weighted by atomic mass is 9.90. The largest absolute Gasteiger partial charge is 0.462 e. The lowest BCUT2D eigenvalue weighted by molar-refractivity contribution is -0.184. The lowest BCUT2D eigenvalue weighted by Crippen LogP contribution is -2.45. The first-order chi connectivity index (χ1) is 18.0. The van der Waals surface area contributed by atoms with Gasteiger partial charge in [0, 0.05) is 6.92 Å². The summed E-state index contributed by atoms with van der Waals surface area (Å²) < 4.78 is 22.2. The fourth-order valence-electron chi connectivity index (χ4n) is 3.73. The highest BCUT2D eigenvalue weighted by Crippen LogP contribution is 2.25. The molecule has 0 aliphatic heterocycles. The average molecular weight is 527 g/mol. The highest BCUT2D eigenvalue weighted by molar-refractivity contribution is 5.77. The van der Waals surface area contributed by atoms with E-state index in [9.17, 15) is 19.2 Å². The summed E-state index contributed by atoms with van der Waals surface area (Å²) in [6.45, 7) is 9.40. The molecule has 0 saturated carbocycles. The van der Waals surface area contributed by atoms with Crippen LogP contribution in [0, 0.1) is 17.8 Å². The molecule has 206 valence electrons. The molecule has 0 amide bonds. The fraction of sp³-hybridized carbons (Fsp3) is 0.467. The number of hydrogen-bond acceptors (Lipinski definition) is 8. The van der Waals surface area contributed by atoms with Crippen molar-refractivity contribution < 1.29 is 38.1 Å². The van der Waals surface area contributed by atoms with E-state index in [2.05, 4.69) is 0 Å². The number of carbonyl (C=O) groups excluding carboxylic acids is 4. The quantitative estimate of drug-likeness (QED) is 0.274. The van der Waals surface area contributed by atoms with Gasteiger partial charge in [0.1, 0.15) is 24.7 Å². The Balaban J connectivity index is 2.33. The van der Waals surface area contributed by atoms with E-state index in [0.717, 1.165) is 11.1 Å². The Bertz CT molecular complexity index is 1050. The fourth-order valence-corrected chi connectivity index (χ4v) is 3.73. The summed E-state index contributed by atoms with van der Waals surface area (Å²) in [5, 5.41) is 0. The van der Waals surface area contributed by atoms with Crippen molar-refractivity contribution in [2.24, 2.45) is 17.8 Å². The number of esters is 4. The zero-order chi connectivity index (χ0) is 28.2. The predicted octanol–water partition coefficient (Wildman–Crippen LogP) is 4.68. The molecule has 0 aliphatic rings. The first-order valence-corrected chi connectivity index (χ1v) is 12.8. The Morgan fingerprint density at radius 2 is 1.21 bits per heavy atom. The number of hydrogen-bond donors (Lipinski definition) is 0. The molecule has 0 unspecified atom stereocenters. The van der Waals surface area contributed by atoms with Crippen molar-refractivity contribution in [2.75, 3.05) is 0 Å². The van der Waals surface area contributed by atoms with Crippen LogP contribution in [0.4, 0.5) is 0 Å². The van der Waals surface area contributed by atoms with Gasteiger partial charge in [-0.3, -0.25) is 19.2 Å². The molecule has 2 rings (SSSR count). The molecule has 5 atom stereocenters. The molecule has 8 heteroatoms. The summed E-state index contributed by atoms with van der Waals surface area (Å²) in [6, 6.07) is 18.5. The molecule has 8 nitrogen and oxygen atoms in total. The number of rotatable bonds is 13. The van der Waals surface area contributed by atoms with Crippen molar-refractivity contribution in [1.82, 2.24) is 0 Å². The molecular weight excluding hydrogens is 488 g/mol. The van der Waals surface area contributed by atoms with Gasteiger partial charge in [0.15, 0.2) is 6.10 Å². The van der Waals surface area contributed by atoms with E-state index in [-0.39, 0.29) is 13.0 Å². The van der Waals surface area contributed by atoms with Crippen molar-refractivity contribution in [1.29, 1.82) is 0 Å². The van der Waals surface area contributed by atoms with Gasteiger partial charge in [0.25, 0.3) is 0 Å². The summed E-state index contributed by atoms with van der Waals surface area (Å²) in [5.74, 6) is -4.48. The van der Waals surface area contributed by atoms with Gasteiger partial charge in [-0.15, -0.1) is 0 Å². The first-order valence-electron chi connectivity index (χ1n) is 12.8. The maximum absolute atomic E-state index is 13.5.